The molecule has 0 rings (SSSR count). The molecular weight excluding hydrogens is 936 g/mol. The normalized spacial score (nSPS) is 14.3. The Labute approximate surface area is 459 Å². The monoisotopic (exact) mass is 1060 g/mol. The van der Waals surface area contributed by atoms with Gasteiger partial charge in [0.1, 0.15) is 13.2 Å². The first kappa shape index (κ1) is 71.9. The minimum atomic E-state index is -4.61. The zero-order chi connectivity index (χ0) is 54.2. The Bertz CT molecular complexity index is 1430. The highest BCUT2D eigenvalue weighted by atomic mass is 31.2. The van der Waals surface area contributed by atoms with E-state index >= 15 is 0 Å². The highest BCUT2D eigenvalue weighted by molar-refractivity contribution is 7.45. The largest absolute Gasteiger partial charge is 0.756 e. The second-order valence-corrected chi connectivity index (χ2v) is 23.8. The first-order valence-electron chi connectivity index (χ1n) is 31.3. The maximum atomic E-state index is 13.0. The van der Waals surface area contributed by atoms with Gasteiger partial charge in [-0.3, -0.25) is 9.36 Å². The second-order valence-electron chi connectivity index (χ2n) is 22.4. The molecule has 3 unspecified atom stereocenters. The number of unbranched alkanes of at least 4 members (excludes halogenated alkanes) is 34. The summed E-state index contributed by atoms with van der Waals surface area (Å²) in [6.07, 6.45) is 77.2. The van der Waals surface area contributed by atoms with E-state index in [0.29, 0.717) is 17.4 Å². The Kier molecular flexibility index (Phi) is 54.1. The number of aliphatic hydroxyl groups excluding tert-OH is 1. The van der Waals surface area contributed by atoms with Crippen molar-refractivity contribution in [1.82, 2.24) is 5.32 Å². The molecule has 0 saturated heterocycles. The zero-order valence-corrected chi connectivity index (χ0v) is 50.2. The van der Waals surface area contributed by atoms with Gasteiger partial charge in [0.15, 0.2) is 0 Å². The van der Waals surface area contributed by atoms with Crippen LogP contribution in [0.3, 0.4) is 0 Å². The minimum Gasteiger partial charge on any atom is -0.756 e. The van der Waals surface area contributed by atoms with Crippen molar-refractivity contribution in [2.75, 3.05) is 40.9 Å². The molecule has 9 heteroatoms. The van der Waals surface area contributed by atoms with Crippen LogP contribution in [0, 0.1) is 0 Å². The Hall–Kier alpha value is -2.06. The van der Waals surface area contributed by atoms with Gasteiger partial charge in [0, 0.05) is 6.42 Å². The van der Waals surface area contributed by atoms with Crippen molar-refractivity contribution in [2.45, 2.75) is 296 Å². The number of phosphoric acid groups is 1. The quantitative estimate of drug-likeness (QED) is 0.0272. The van der Waals surface area contributed by atoms with E-state index in [9.17, 15) is 19.4 Å². The van der Waals surface area contributed by atoms with Gasteiger partial charge in [0.25, 0.3) is 7.82 Å². The third-order valence-corrected chi connectivity index (χ3v) is 14.9. The molecule has 0 radical (unpaired) electrons. The van der Waals surface area contributed by atoms with Crippen molar-refractivity contribution < 1.29 is 32.9 Å². The van der Waals surface area contributed by atoms with Crippen LogP contribution in [0.1, 0.15) is 284 Å². The number of phosphoric ester groups is 1. The van der Waals surface area contributed by atoms with Gasteiger partial charge in [-0.05, 0) is 70.6 Å². The van der Waals surface area contributed by atoms with Gasteiger partial charge in [-0.15, -0.1) is 0 Å². The van der Waals surface area contributed by atoms with Gasteiger partial charge in [0.2, 0.25) is 5.91 Å². The zero-order valence-electron chi connectivity index (χ0n) is 49.3. The van der Waals surface area contributed by atoms with Crippen molar-refractivity contribution in [1.29, 1.82) is 0 Å². The summed E-state index contributed by atoms with van der Waals surface area (Å²) in [4.78, 5) is 25.5. The molecule has 0 aliphatic heterocycles. The Morgan fingerprint density at radius 1 is 0.486 bits per heavy atom. The molecule has 8 nitrogen and oxygen atoms in total. The van der Waals surface area contributed by atoms with Gasteiger partial charge in [0.05, 0.1) is 39.9 Å². The number of likely N-dealkylation sites (N-methyl/N-ethyl adjacent to an activating group) is 1. The molecule has 0 heterocycles. The van der Waals surface area contributed by atoms with E-state index in [4.69, 9.17) is 9.05 Å². The molecule has 74 heavy (non-hydrogen) atoms. The molecule has 0 aromatic carbocycles. The fraction of sp³-hybridized carbons (Fsp3) is 0.800. The predicted molar refractivity (Wildman–Crippen MR) is 320 cm³/mol. The Balaban J connectivity index is 4.03. The van der Waals surface area contributed by atoms with Crippen molar-refractivity contribution in [3.05, 3.63) is 72.9 Å². The molecular formula is C65H121N2O6P. The molecule has 0 aromatic heterocycles. The Morgan fingerprint density at radius 3 is 1.26 bits per heavy atom. The molecule has 0 spiro atoms. The maximum Gasteiger partial charge on any atom is 0.268 e. The van der Waals surface area contributed by atoms with E-state index in [2.05, 4.69) is 79.9 Å². The summed E-state index contributed by atoms with van der Waals surface area (Å²) in [5, 5.41) is 13.9. The molecule has 0 aliphatic carbocycles. The van der Waals surface area contributed by atoms with Gasteiger partial charge in [-0.1, -0.05) is 279 Å². The van der Waals surface area contributed by atoms with Crippen LogP contribution < -0.4 is 10.2 Å². The van der Waals surface area contributed by atoms with Crippen molar-refractivity contribution in [3.8, 4) is 0 Å². The SMILES string of the molecule is CC/C=C\C/C=C\C/C=C\C/C=C\CCCCCCCCCCCCCCCCCCCCCCCCC(=O)NC(COP(=O)([O-])OCC[N+](C)(C)C)C(O)/C=C/CC/C=C/CCCCCCCCCCCCC. The standard InChI is InChI=1S/C65H121N2O6P/c1-6-8-10-12-14-16-18-20-22-24-25-26-27-28-29-30-31-32-33-34-35-36-37-38-39-40-41-43-45-47-49-51-53-55-57-59-65(69)66-63(62-73-74(70,71)72-61-60-67(3,4)5)64(68)58-56-54-52-50-48-46-44-42-23-21-19-17-15-13-11-9-7-2/h8,10,14,16,20,22,25-26,48,50,56,58,63-64,68H,6-7,9,11-13,15,17-19,21,23-24,27-47,49,51-55,57,59-62H2,1-5H3,(H-,66,69,70,71)/b10-8-,16-14-,22-20-,26-25-,50-48+,58-56+. The van der Waals surface area contributed by atoms with Crippen molar-refractivity contribution >= 4 is 13.7 Å². The third kappa shape index (κ3) is 57.6. The number of rotatable bonds is 57. The molecule has 0 fully saturated rings. The summed E-state index contributed by atoms with van der Waals surface area (Å²) in [5.74, 6) is -0.204. The summed E-state index contributed by atoms with van der Waals surface area (Å²) in [6.45, 7) is 4.54. The number of aliphatic hydroxyl groups is 1. The van der Waals surface area contributed by atoms with Crippen LogP contribution in [0.25, 0.3) is 0 Å². The lowest BCUT2D eigenvalue weighted by Gasteiger charge is -2.29. The van der Waals surface area contributed by atoms with Gasteiger partial charge < -0.3 is 28.8 Å². The summed E-state index contributed by atoms with van der Waals surface area (Å²) in [5.41, 5.74) is 0. The molecule has 0 aliphatic rings. The number of carbonyl (C=O) groups is 1. The van der Waals surface area contributed by atoms with Crippen LogP contribution in [0.2, 0.25) is 0 Å². The molecule has 3 atom stereocenters. The lowest BCUT2D eigenvalue weighted by atomic mass is 10.0. The van der Waals surface area contributed by atoms with Crippen LogP contribution in [0.4, 0.5) is 0 Å². The maximum absolute atomic E-state index is 13.0. The molecule has 432 valence electrons. The van der Waals surface area contributed by atoms with Gasteiger partial charge >= 0.3 is 0 Å². The van der Waals surface area contributed by atoms with Crippen LogP contribution in [0.15, 0.2) is 72.9 Å². The van der Waals surface area contributed by atoms with Gasteiger partial charge in [-0.2, -0.15) is 0 Å². The third-order valence-electron chi connectivity index (χ3n) is 13.9. The molecule has 1 amide bonds. The van der Waals surface area contributed by atoms with Crippen LogP contribution >= 0.6 is 7.82 Å². The van der Waals surface area contributed by atoms with E-state index in [-0.39, 0.29) is 12.5 Å². The first-order chi connectivity index (χ1) is 36.0. The number of nitrogens with one attached hydrogen (secondary N) is 1. The van der Waals surface area contributed by atoms with E-state index in [1.165, 1.54) is 199 Å². The van der Waals surface area contributed by atoms with Crippen molar-refractivity contribution in [3.63, 3.8) is 0 Å². The number of hydrogen-bond acceptors (Lipinski definition) is 6. The number of amides is 1. The number of quaternary nitrogens is 1. The van der Waals surface area contributed by atoms with E-state index in [1.54, 1.807) is 6.08 Å². The smallest absolute Gasteiger partial charge is 0.268 e. The highest BCUT2D eigenvalue weighted by Gasteiger charge is 2.23. The highest BCUT2D eigenvalue weighted by Crippen LogP contribution is 2.38. The first-order valence-corrected chi connectivity index (χ1v) is 32.8. The molecule has 0 aromatic rings. The average Bonchev–Trinajstić information content (AvgIpc) is 3.36. The van der Waals surface area contributed by atoms with Gasteiger partial charge in [-0.25, -0.2) is 0 Å². The number of nitrogens with zero attached hydrogens (tertiary/aromatic N) is 1. The average molecular weight is 1060 g/mol. The van der Waals surface area contributed by atoms with Crippen molar-refractivity contribution in [2.24, 2.45) is 0 Å². The van der Waals surface area contributed by atoms with Crippen LogP contribution in [-0.2, 0) is 18.4 Å². The molecule has 0 bridgehead atoms. The topological polar surface area (TPSA) is 108 Å². The second kappa shape index (κ2) is 55.7. The fourth-order valence-corrected chi connectivity index (χ4v) is 9.77. The number of allylic oxidation sites excluding steroid dienone is 11. The van der Waals surface area contributed by atoms with E-state index < -0.39 is 26.6 Å². The summed E-state index contributed by atoms with van der Waals surface area (Å²) < 4.78 is 23.3. The summed E-state index contributed by atoms with van der Waals surface area (Å²) in [7, 11) is 1.25. The number of carbonyl (C=O) groups excluding carboxylic acids is 1. The fourth-order valence-electron chi connectivity index (χ4n) is 9.05. The van der Waals surface area contributed by atoms with Crippen LogP contribution in [-0.4, -0.2) is 68.5 Å². The minimum absolute atomic E-state index is 0.00653. The molecule has 0 saturated carbocycles. The van der Waals surface area contributed by atoms with E-state index in [1.807, 2.05) is 27.2 Å². The summed E-state index contributed by atoms with van der Waals surface area (Å²) >= 11 is 0. The predicted octanol–water partition coefficient (Wildman–Crippen LogP) is 18.8. The Morgan fingerprint density at radius 2 is 0.838 bits per heavy atom. The summed E-state index contributed by atoms with van der Waals surface area (Å²) in [6, 6.07) is -0.904. The lowest BCUT2D eigenvalue weighted by molar-refractivity contribution is -0.870. The molecule has 2 N–H and O–H groups in total. The lowest BCUT2D eigenvalue weighted by Crippen LogP contribution is -2.45. The van der Waals surface area contributed by atoms with Crippen LogP contribution in [0.5, 0.6) is 0 Å². The van der Waals surface area contributed by atoms with E-state index in [0.717, 1.165) is 64.2 Å². The number of hydrogen-bond donors (Lipinski definition) is 2.